The second-order valence-corrected chi connectivity index (χ2v) is 7.74. The minimum Gasteiger partial charge on any atom is -0.459 e. The number of hydrogen-bond donors (Lipinski definition) is 1. The van der Waals surface area contributed by atoms with Crippen LogP contribution < -0.4 is 0 Å². The summed E-state index contributed by atoms with van der Waals surface area (Å²) in [5.74, 6) is -0.210. The number of esters is 1. The van der Waals surface area contributed by atoms with E-state index < -0.39 is 18.5 Å². The Balaban J connectivity index is 2.17. The first-order valence-corrected chi connectivity index (χ1v) is 9.49. The predicted octanol–water partition coefficient (Wildman–Crippen LogP) is 2.51. The number of carbonyl (C=O) groups excluding carboxylic acids is 1. The molecule has 0 radical (unpaired) electrons. The summed E-state index contributed by atoms with van der Waals surface area (Å²) < 4.78 is 23.9. The highest BCUT2D eigenvalue weighted by atomic mass is 16.7. The Morgan fingerprint density at radius 3 is 2.16 bits per heavy atom. The Hall–Kier alpha value is -0.690. The van der Waals surface area contributed by atoms with Crippen LogP contribution in [0.4, 0.5) is 0 Å². The maximum absolute atomic E-state index is 11.6. The topological polar surface area (TPSA) is 74.2 Å². The van der Waals surface area contributed by atoms with Gasteiger partial charge in [0.1, 0.15) is 12.2 Å². The largest absolute Gasteiger partial charge is 0.459 e. The first kappa shape index (κ1) is 20.6. The molecule has 4 unspecified atom stereocenters. The van der Waals surface area contributed by atoms with Crippen molar-refractivity contribution < 1.29 is 28.8 Å². The molecule has 2 fully saturated rings. The molecule has 10 atom stereocenters. The van der Waals surface area contributed by atoms with Crippen molar-refractivity contribution in [2.45, 2.75) is 97.8 Å². The monoisotopic (exact) mass is 358 g/mol. The molecular weight excluding hydrogens is 324 g/mol. The standard InChI is InChI=1S/C19H34O6/c1-8-15-16(21)9(2)10(3)19(24-15)25-18-13(6)22-12(5)11(4)17(18)23-14(7)20/h9-13,15-19,21H,8H2,1-7H3/t9-,10?,11?,12-,13?,15?,16+,17+,18-,19+/m1/s1. The maximum atomic E-state index is 11.6. The third-order valence-corrected chi connectivity index (χ3v) is 5.96. The molecule has 6 nitrogen and oxygen atoms in total. The maximum Gasteiger partial charge on any atom is 0.303 e. The minimum atomic E-state index is -0.497. The summed E-state index contributed by atoms with van der Waals surface area (Å²) in [4.78, 5) is 11.6. The zero-order chi connectivity index (χ0) is 18.9. The second kappa shape index (κ2) is 8.33. The minimum absolute atomic E-state index is 0.0203. The van der Waals surface area contributed by atoms with Crippen molar-refractivity contribution in [1.82, 2.24) is 0 Å². The number of aliphatic hydroxyl groups excluding tert-OH is 1. The molecule has 2 aliphatic rings. The van der Waals surface area contributed by atoms with Crippen LogP contribution in [0.15, 0.2) is 0 Å². The molecule has 0 aliphatic carbocycles. The predicted molar refractivity (Wildman–Crippen MR) is 92.9 cm³/mol. The molecule has 0 bridgehead atoms. The van der Waals surface area contributed by atoms with Gasteiger partial charge in [-0.15, -0.1) is 0 Å². The van der Waals surface area contributed by atoms with Crippen molar-refractivity contribution >= 4 is 5.97 Å². The Kier molecular flexibility index (Phi) is 6.87. The van der Waals surface area contributed by atoms with Crippen LogP contribution >= 0.6 is 0 Å². The van der Waals surface area contributed by atoms with Crippen LogP contribution in [0.2, 0.25) is 0 Å². The molecule has 146 valence electrons. The summed E-state index contributed by atoms with van der Waals surface area (Å²) in [5, 5.41) is 10.4. The van der Waals surface area contributed by atoms with E-state index in [2.05, 4.69) is 0 Å². The fourth-order valence-corrected chi connectivity index (χ4v) is 3.85. The summed E-state index contributed by atoms with van der Waals surface area (Å²) in [6.07, 6.45) is -1.51. The Labute approximate surface area is 151 Å². The number of aliphatic hydroxyl groups is 1. The highest BCUT2D eigenvalue weighted by Crippen LogP contribution is 2.37. The molecule has 0 aromatic rings. The van der Waals surface area contributed by atoms with Gasteiger partial charge >= 0.3 is 5.97 Å². The number of ether oxygens (including phenoxy) is 4. The molecule has 0 amide bonds. The van der Waals surface area contributed by atoms with Gasteiger partial charge in [-0.1, -0.05) is 27.7 Å². The molecule has 2 saturated heterocycles. The van der Waals surface area contributed by atoms with Gasteiger partial charge in [0.25, 0.3) is 0 Å². The lowest BCUT2D eigenvalue weighted by molar-refractivity contribution is -0.313. The Morgan fingerprint density at radius 1 is 0.960 bits per heavy atom. The highest BCUT2D eigenvalue weighted by Gasteiger charge is 2.47. The third-order valence-electron chi connectivity index (χ3n) is 5.96. The van der Waals surface area contributed by atoms with Gasteiger partial charge in [0, 0.05) is 18.8 Å². The normalized spacial score (nSPS) is 48.2. The molecule has 2 aliphatic heterocycles. The van der Waals surface area contributed by atoms with E-state index in [0.717, 1.165) is 6.42 Å². The van der Waals surface area contributed by atoms with E-state index in [4.69, 9.17) is 18.9 Å². The molecule has 0 aromatic heterocycles. The fourth-order valence-electron chi connectivity index (χ4n) is 3.85. The third kappa shape index (κ3) is 4.35. The highest BCUT2D eigenvalue weighted by molar-refractivity contribution is 5.66. The van der Waals surface area contributed by atoms with Gasteiger partial charge in [0.2, 0.25) is 0 Å². The zero-order valence-electron chi connectivity index (χ0n) is 16.5. The molecule has 6 heteroatoms. The average Bonchev–Trinajstić information content (AvgIpc) is 2.55. The number of carbonyl (C=O) groups is 1. The van der Waals surface area contributed by atoms with Crippen molar-refractivity contribution in [2.24, 2.45) is 17.8 Å². The molecule has 0 spiro atoms. The van der Waals surface area contributed by atoms with Crippen molar-refractivity contribution in [2.75, 3.05) is 0 Å². The second-order valence-electron chi connectivity index (χ2n) is 7.74. The first-order chi connectivity index (χ1) is 11.7. The van der Waals surface area contributed by atoms with Gasteiger partial charge in [0.15, 0.2) is 6.29 Å². The van der Waals surface area contributed by atoms with Gasteiger partial charge in [-0.25, -0.2) is 0 Å². The Morgan fingerprint density at radius 2 is 1.60 bits per heavy atom. The van der Waals surface area contributed by atoms with Crippen LogP contribution in [0, 0.1) is 17.8 Å². The van der Waals surface area contributed by atoms with Crippen molar-refractivity contribution in [3.05, 3.63) is 0 Å². The number of rotatable bonds is 4. The van der Waals surface area contributed by atoms with Crippen LogP contribution in [0.5, 0.6) is 0 Å². The smallest absolute Gasteiger partial charge is 0.303 e. The first-order valence-electron chi connectivity index (χ1n) is 9.49. The lowest BCUT2D eigenvalue weighted by Crippen LogP contribution is -2.58. The molecule has 0 saturated carbocycles. The lowest BCUT2D eigenvalue weighted by atomic mass is 9.83. The van der Waals surface area contributed by atoms with E-state index >= 15 is 0 Å². The summed E-state index contributed by atoms with van der Waals surface area (Å²) in [6.45, 7) is 13.4. The fraction of sp³-hybridized carbons (Fsp3) is 0.947. The summed E-state index contributed by atoms with van der Waals surface area (Å²) >= 11 is 0. The van der Waals surface area contributed by atoms with Gasteiger partial charge in [-0.2, -0.15) is 0 Å². The van der Waals surface area contributed by atoms with Gasteiger partial charge in [-0.3, -0.25) is 4.79 Å². The van der Waals surface area contributed by atoms with Crippen LogP contribution in [0.3, 0.4) is 0 Å². The lowest BCUT2D eigenvalue weighted by Gasteiger charge is -2.47. The number of hydrogen-bond acceptors (Lipinski definition) is 6. The van der Waals surface area contributed by atoms with E-state index in [1.165, 1.54) is 6.92 Å². The van der Waals surface area contributed by atoms with Crippen LogP contribution in [-0.2, 0) is 23.7 Å². The summed E-state index contributed by atoms with van der Waals surface area (Å²) in [6, 6.07) is 0. The van der Waals surface area contributed by atoms with Gasteiger partial charge in [0.05, 0.1) is 24.4 Å². The van der Waals surface area contributed by atoms with Crippen LogP contribution in [-0.4, -0.2) is 54.0 Å². The van der Waals surface area contributed by atoms with E-state index in [9.17, 15) is 9.90 Å². The molecule has 1 N–H and O–H groups in total. The molecular formula is C19H34O6. The van der Waals surface area contributed by atoms with E-state index in [0.29, 0.717) is 0 Å². The van der Waals surface area contributed by atoms with Crippen molar-refractivity contribution in [1.29, 1.82) is 0 Å². The Bertz CT molecular complexity index is 453. The molecule has 2 rings (SSSR count). The molecule has 2 heterocycles. The van der Waals surface area contributed by atoms with Crippen LogP contribution in [0.1, 0.15) is 54.9 Å². The van der Waals surface area contributed by atoms with Gasteiger partial charge in [-0.05, 0) is 26.2 Å². The SMILES string of the molecule is CCC1O[C@@H](O[C@@H]2C(C)O[C@H](C)C(C)[C@@H]2OC(C)=O)C(C)[C@@H](C)[C@@H]1O. The summed E-state index contributed by atoms with van der Waals surface area (Å²) in [7, 11) is 0. The average molecular weight is 358 g/mol. The zero-order valence-corrected chi connectivity index (χ0v) is 16.5. The van der Waals surface area contributed by atoms with Crippen LogP contribution in [0.25, 0.3) is 0 Å². The van der Waals surface area contributed by atoms with E-state index in [1.807, 2.05) is 41.5 Å². The van der Waals surface area contributed by atoms with Crippen molar-refractivity contribution in [3.63, 3.8) is 0 Å². The molecule has 0 aromatic carbocycles. The van der Waals surface area contributed by atoms with E-state index in [1.54, 1.807) is 0 Å². The van der Waals surface area contributed by atoms with Gasteiger partial charge < -0.3 is 24.1 Å². The molecule has 25 heavy (non-hydrogen) atoms. The quantitative estimate of drug-likeness (QED) is 0.779. The van der Waals surface area contributed by atoms with E-state index in [-0.39, 0.29) is 48.1 Å². The van der Waals surface area contributed by atoms with Crippen molar-refractivity contribution in [3.8, 4) is 0 Å². The summed E-state index contributed by atoms with van der Waals surface area (Å²) in [5.41, 5.74) is 0.